The summed E-state index contributed by atoms with van der Waals surface area (Å²) in [6.07, 6.45) is 1.58. The van der Waals surface area contributed by atoms with Crippen LogP contribution in [0.25, 0.3) is 0 Å². The molecule has 78 valence electrons. The van der Waals surface area contributed by atoms with Gasteiger partial charge in [0.15, 0.2) is 0 Å². The Labute approximate surface area is 92.9 Å². The Bertz CT molecular complexity index is 529. The molecule has 0 bridgehead atoms. The third-order valence-electron chi connectivity index (χ3n) is 1.97. The summed E-state index contributed by atoms with van der Waals surface area (Å²) in [5, 5.41) is 8.64. The first-order valence-corrected chi connectivity index (χ1v) is 4.67. The van der Waals surface area contributed by atoms with Crippen molar-refractivity contribution >= 4 is 5.82 Å². The molecule has 0 amide bonds. The molecule has 0 aliphatic rings. The van der Waals surface area contributed by atoms with Crippen molar-refractivity contribution in [1.82, 2.24) is 4.98 Å². The van der Waals surface area contributed by atoms with Crippen molar-refractivity contribution in [3.63, 3.8) is 0 Å². The van der Waals surface area contributed by atoms with E-state index in [1.54, 1.807) is 42.6 Å². The van der Waals surface area contributed by atoms with Crippen LogP contribution < -0.4 is 10.5 Å². The molecule has 2 N–H and O–H groups in total. The average Bonchev–Trinajstić information content (AvgIpc) is 2.30. The van der Waals surface area contributed by atoms with E-state index in [0.717, 1.165) is 0 Å². The Hall–Kier alpha value is -2.54. The van der Waals surface area contributed by atoms with Gasteiger partial charge >= 0.3 is 0 Å². The van der Waals surface area contributed by atoms with E-state index in [1.165, 1.54) is 0 Å². The average molecular weight is 211 g/mol. The Morgan fingerprint density at radius 2 is 1.88 bits per heavy atom. The summed E-state index contributed by atoms with van der Waals surface area (Å²) in [5.74, 6) is 1.69. The third kappa shape index (κ3) is 2.28. The van der Waals surface area contributed by atoms with Crippen LogP contribution in [0, 0.1) is 11.3 Å². The predicted octanol–water partition coefficient (Wildman–Crippen LogP) is 2.33. The van der Waals surface area contributed by atoms with Gasteiger partial charge in [0.2, 0.25) is 0 Å². The molecular formula is C12H9N3O. The quantitative estimate of drug-likeness (QED) is 0.827. The maximum Gasteiger partial charge on any atom is 0.132 e. The second kappa shape index (κ2) is 4.32. The molecule has 2 aromatic rings. The maximum absolute atomic E-state index is 8.64. The lowest BCUT2D eigenvalue weighted by atomic mass is 10.2. The van der Waals surface area contributed by atoms with Crippen molar-refractivity contribution in [1.29, 1.82) is 5.26 Å². The van der Waals surface area contributed by atoms with E-state index in [-0.39, 0.29) is 0 Å². The molecule has 0 saturated heterocycles. The largest absolute Gasteiger partial charge is 0.457 e. The van der Waals surface area contributed by atoms with Gasteiger partial charge in [0.25, 0.3) is 0 Å². The van der Waals surface area contributed by atoms with E-state index in [9.17, 15) is 0 Å². The molecule has 0 spiro atoms. The maximum atomic E-state index is 8.64. The number of pyridine rings is 1. The van der Waals surface area contributed by atoms with E-state index in [0.29, 0.717) is 22.9 Å². The highest BCUT2D eigenvalue weighted by Gasteiger charge is 1.98. The molecule has 16 heavy (non-hydrogen) atoms. The molecule has 0 atom stereocenters. The molecule has 0 fully saturated rings. The number of nitriles is 1. The molecule has 0 saturated carbocycles. The fourth-order valence-corrected chi connectivity index (χ4v) is 1.23. The van der Waals surface area contributed by atoms with Gasteiger partial charge in [0.1, 0.15) is 17.3 Å². The Morgan fingerprint density at radius 3 is 2.50 bits per heavy atom. The van der Waals surface area contributed by atoms with Gasteiger partial charge in [-0.25, -0.2) is 4.98 Å². The minimum absolute atomic E-state index is 0.408. The standard InChI is InChI=1S/C12H9N3O/c13-8-9-1-3-10(4-2-9)16-11-5-6-15-12(14)7-11/h1-7H,(H2,14,15). The van der Waals surface area contributed by atoms with Gasteiger partial charge in [-0.05, 0) is 30.3 Å². The van der Waals surface area contributed by atoms with Crippen LogP contribution in [0.2, 0.25) is 0 Å². The highest BCUT2D eigenvalue weighted by Crippen LogP contribution is 2.21. The molecule has 0 unspecified atom stereocenters. The van der Waals surface area contributed by atoms with Gasteiger partial charge < -0.3 is 10.5 Å². The number of ether oxygens (including phenoxy) is 1. The first-order chi connectivity index (χ1) is 7.78. The predicted molar refractivity (Wildman–Crippen MR) is 59.9 cm³/mol. The lowest BCUT2D eigenvalue weighted by molar-refractivity contribution is 0.482. The molecule has 0 aliphatic carbocycles. The fraction of sp³-hybridized carbons (Fsp3) is 0. The van der Waals surface area contributed by atoms with Crippen molar-refractivity contribution in [2.75, 3.05) is 5.73 Å². The second-order valence-electron chi connectivity index (χ2n) is 3.15. The van der Waals surface area contributed by atoms with Crippen LogP contribution in [-0.2, 0) is 0 Å². The smallest absolute Gasteiger partial charge is 0.132 e. The molecule has 2 rings (SSSR count). The van der Waals surface area contributed by atoms with Crippen molar-refractivity contribution in [3.8, 4) is 17.6 Å². The molecule has 0 radical (unpaired) electrons. The molecule has 4 nitrogen and oxygen atoms in total. The number of anilines is 1. The van der Waals surface area contributed by atoms with Crippen molar-refractivity contribution in [3.05, 3.63) is 48.2 Å². The van der Waals surface area contributed by atoms with Crippen LogP contribution in [0.1, 0.15) is 5.56 Å². The van der Waals surface area contributed by atoms with Crippen molar-refractivity contribution < 1.29 is 4.74 Å². The van der Waals surface area contributed by atoms with Crippen LogP contribution in [0.5, 0.6) is 11.5 Å². The van der Waals surface area contributed by atoms with Crippen LogP contribution in [-0.4, -0.2) is 4.98 Å². The Kier molecular flexibility index (Phi) is 2.70. The normalized spacial score (nSPS) is 9.44. The summed E-state index contributed by atoms with van der Waals surface area (Å²) in [5.41, 5.74) is 6.12. The van der Waals surface area contributed by atoms with E-state index >= 15 is 0 Å². The van der Waals surface area contributed by atoms with Crippen LogP contribution in [0.4, 0.5) is 5.82 Å². The highest BCUT2D eigenvalue weighted by molar-refractivity contribution is 5.40. The number of hydrogen-bond acceptors (Lipinski definition) is 4. The summed E-state index contributed by atoms with van der Waals surface area (Å²) in [6.45, 7) is 0. The number of nitrogens with zero attached hydrogens (tertiary/aromatic N) is 2. The number of nitrogen functional groups attached to an aromatic ring is 1. The van der Waals surface area contributed by atoms with Crippen LogP contribution >= 0.6 is 0 Å². The summed E-state index contributed by atoms with van der Waals surface area (Å²) >= 11 is 0. The van der Waals surface area contributed by atoms with Crippen molar-refractivity contribution in [2.24, 2.45) is 0 Å². The first kappa shape index (κ1) is 9.99. The lowest BCUT2D eigenvalue weighted by Gasteiger charge is -2.05. The minimum atomic E-state index is 0.408. The Morgan fingerprint density at radius 1 is 1.12 bits per heavy atom. The van der Waals surface area contributed by atoms with E-state index in [4.69, 9.17) is 15.7 Å². The SMILES string of the molecule is N#Cc1ccc(Oc2ccnc(N)c2)cc1. The van der Waals surface area contributed by atoms with Gasteiger partial charge in [-0.3, -0.25) is 0 Å². The minimum Gasteiger partial charge on any atom is -0.457 e. The molecule has 0 aliphatic heterocycles. The number of nitrogens with two attached hydrogens (primary N) is 1. The highest BCUT2D eigenvalue weighted by atomic mass is 16.5. The van der Waals surface area contributed by atoms with Crippen LogP contribution in [0.3, 0.4) is 0 Å². The van der Waals surface area contributed by atoms with Gasteiger partial charge in [0, 0.05) is 12.3 Å². The molecule has 4 heteroatoms. The number of rotatable bonds is 2. The summed E-state index contributed by atoms with van der Waals surface area (Å²) < 4.78 is 5.53. The molecule has 1 aromatic heterocycles. The van der Waals surface area contributed by atoms with Gasteiger partial charge in [0.05, 0.1) is 11.6 Å². The summed E-state index contributed by atoms with van der Waals surface area (Å²) in [4.78, 5) is 3.86. The zero-order chi connectivity index (χ0) is 11.4. The Balaban J connectivity index is 2.18. The zero-order valence-electron chi connectivity index (χ0n) is 8.42. The summed E-state index contributed by atoms with van der Waals surface area (Å²) in [7, 11) is 0. The zero-order valence-corrected chi connectivity index (χ0v) is 8.42. The van der Waals surface area contributed by atoms with E-state index in [2.05, 4.69) is 4.98 Å². The number of aromatic nitrogens is 1. The van der Waals surface area contributed by atoms with Crippen LogP contribution in [0.15, 0.2) is 42.6 Å². The third-order valence-corrected chi connectivity index (χ3v) is 1.97. The second-order valence-corrected chi connectivity index (χ2v) is 3.15. The topological polar surface area (TPSA) is 71.9 Å². The van der Waals surface area contributed by atoms with Gasteiger partial charge in [-0.1, -0.05) is 0 Å². The molecule has 1 heterocycles. The lowest BCUT2D eigenvalue weighted by Crippen LogP contribution is -1.90. The number of hydrogen-bond donors (Lipinski definition) is 1. The molecular weight excluding hydrogens is 202 g/mol. The number of benzene rings is 1. The van der Waals surface area contributed by atoms with Gasteiger partial charge in [-0.15, -0.1) is 0 Å². The van der Waals surface area contributed by atoms with Crippen molar-refractivity contribution in [2.45, 2.75) is 0 Å². The first-order valence-electron chi connectivity index (χ1n) is 4.67. The van der Waals surface area contributed by atoms with Gasteiger partial charge in [-0.2, -0.15) is 5.26 Å². The fourth-order valence-electron chi connectivity index (χ4n) is 1.23. The summed E-state index contributed by atoms with van der Waals surface area (Å²) in [6, 6.07) is 12.2. The monoisotopic (exact) mass is 211 g/mol. The molecule has 1 aromatic carbocycles. The van der Waals surface area contributed by atoms with E-state index in [1.807, 2.05) is 6.07 Å². The van der Waals surface area contributed by atoms with E-state index < -0.39 is 0 Å².